The van der Waals surface area contributed by atoms with E-state index in [9.17, 15) is 18.8 Å². The minimum Gasteiger partial charge on any atom is -0.465 e. The zero-order valence-corrected chi connectivity index (χ0v) is 10.8. The summed E-state index contributed by atoms with van der Waals surface area (Å²) < 4.78 is 17.7. The third kappa shape index (κ3) is 2.61. The number of benzene rings is 1. The second-order valence-electron chi connectivity index (χ2n) is 4.14. The molecule has 1 N–H and O–H groups in total. The Bertz CT molecular complexity index is 544. The van der Waals surface area contributed by atoms with E-state index in [-0.39, 0.29) is 18.8 Å². The second kappa shape index (κ2) is 5.68. The number of hydrogen-bond donors (Lipinski definition) is 1. The minimum atomic E-state index is -1.09. The molecular weight excluding hydrogens is 267 g/mol. The molecule has 1 aromatic rings. The molecule has 0 saturated carbocycles. The van der Waals surface area contributed by atoms with E-state index in [0.717, 1.165) is 17.0 Å². The lowest BCUT2D eigenvalue weighted by atomic mass is 10.1. The van der Waals surface area contributed by atoms with Crippen molar-refractivity contribution < 1.29 is 23.5 Å². The molecule has 1 atom stereocenters. The lowest BCUT2D eigenvalue weighted by Gasteiger charge is -2.30. The van der Waals surface area contributed by atoms with Gasteiger partial charge >= 0.3 is 12.0 Å². The van der Waals surface area contributed by atoms with Gasteiger partial charge in [0.2, 0.25) is 0 Å². The predicted octanol–water partition coefficient (Wildman–Crippen LogP) is 1.06. The molecule has 1 aromatic carbocycles. The Kier molecular flexibility index (Phi) is 3.97. The number of hydrogen-bond acceptors (Lipinski definition) is 4. The summed E-state index contributed by atoms with van der Waals surface area (Å²) in [7, 11) is 0. The summed E-state index contributed by atoms with van der Waals surface area (Å²) in [6.07, 6.45) is 0. The molecule has 1 aliphatic heterocycles. The van der Waals surface area contributed by atoms with Crippen LogP contribution in [-0.2, 0) is 14.3 Å². The highest BCUT2D eigenvalue weighted by atomic mass is 19.1. The number of amides is 3. The van der Waals surface area contributed by atoms with Crippen molar-refractivity contribution in [2.45, 2.75) is 6.92 Å². The van der Waals surface area contributed by atoms with Crippen LogP contribution in [0.1, 0.15) is 6.92 Å². The molecule has 0 aliphatic carbocycles. The highest BCUT2D eigenvalue weighted by Gasteiger charge is 2.40. The molecule has 3 amide bonds. The number of nitrogens with zero attached hydrogens (tertiary/aromatic N) is 1. The van der Waals surface area contributed by atoms with Crippen molar-refractivity contribution in [3.8, 4) is 0 Å². The molecule has 0 aromatic heterocycles. The Morgan fingerprint density at radius 1 is 1.40 bits per heavy atom. The Balaban J connectivity index is 2.26. The molecule has 20 heavy (non-hydrogen) atoms. The van der Waals surface area contributed by atoms with Gasteiger partial charge < -0.3 is 10.1 Å². The van der Waals surface area contributed by atoms with Gasteiger partial charge in [-0.3, -0.25) is 9.59 Å². The van der Waals surface area contributed by atoms with Crippen LogP contribution in [0.4, 0.5) is 14.9 Å². The van der Waals surface area contributed by atoms with Gasteiger partial charge in [-0.05, 0) is 31.2 Å². The van der Waals surface area contributed by atoms with Crippen LogP contribution in [0.25, 0.3) is 0 Å². The van der Waals surface area contributed by atoms with E-state index < -0.39 is 29.6 Å². The molecule has 0 radical (unpaired) electrons. The number of urea groups is 1. The molecular formula is C13H13FN2O4. The maximum absolute atomic E-state index is 12.9. The van der Waals surface area contributed by atoms with Crippen molar-refractivity contribution in [1.82, 2.24) is 5.32 Å². The van der Waals surface area contributed by atoms with Crippen LogP contribution < -0.4 is 10.2 Å². The highest BCUT2D eigenvalue weighted by Crippen LogP contribution is 2.21. The van der Waals surface area contributed by atoms with Crippen molar-refractivity contribution in [2.75, 3.05) is 18.1 Å². The monoisotopic (exact) mass is 280 g/mol. The molecule has 2 rings (SSSR count). The van der Waals surface area contributed by atoms with Crippen LogP contribution in [0, 0.1) is 11.7 Å². The molecule has 1 aliphatic rings. The first kappa shape index (κ1) is 14.0. The zero-order valence-electron chi connectivity index (χ0n) is 10.8. The van der Waals surface area contributed by atoms with Crippen molar-refractivity contribution in [3.63, 3.8) is 0 Å². The summed E-state index contributed by atoms with van der Waals surface area (Å²) in [6, 6.07) is 4.19. The molecule has 0 bridgehead atoms. The Morgan fingerprint density at radius 3 is 2.65 bits per heavy atom. The van der Waals surface area contributed by atoms with Gasteiger partial charge in [-0.1, -0.05) is 0 Å². The number of rotatable bonds is 3. The van der Waals surface area contributed by atoms with Gasteiger partial charge in [0, 0.05) is 6.54 Å². The molecule has 1 saturated heterocycles. The topological polar surface area (TPSA) is 75.7 Å². The Labute approximate surface area is 114 Å². The number of imide groups is 1. The number of nitrogens with one attached hydrogen (secondary N) is 1. The van der Waals surface area contributed by atoms with Crippen LogP contribution in [-0.4, -0.2) is 31.1 Å². The fraction of sp³-hybridized carbons (Fsp3) is 0.308. The first-order valence-electron chi connectivity index (χ1n) is 6.08. The van der Waals surface area contributed by atoms with Gasteiger partial charge in [0.15, 0.2) is 5.92 Å². The van der Waals surface area contributed by atoms with E-state index in [1.807, 2.05) is 0 Å². The largest absolute Gasteiger partial charge is 0.465 e. The Hall–Kier alpha value is -2.44. The van der Waals surface area contributed by atoms with Crippen molar-refractivity contribution in [2.24, 2.45) is 5.92 Å². The van der Waals surface area contributed by atoms with Crippen LogP contribution in [0.2, 0.25) is 0 Å². The highest BCUT2D eigenvalue weighted by molar-refractivity contribution is 6.21. The van der Waals surface area contributed by atoms with Crippen LogP contribution in [0.15, 0.2) is 24.3 Å². The second-order valence-corrected chi connectivity index (χ2v) is 4.14. The van der Waals surface area contributed by atoms with Crippen molar-refractivity contribution in [1.29, 1.82) is 0 Å². The minimum absolute atomic E-state index is 0.103. The zero-order chi connectivity index (χ0) is 14.7. The SMILES string of the molecule is CCOC(=O)C1CNC(=O)N(c2ccc(F)cc2)C1=O. The van der Waals surface area contributed by atoms with E-state index in [1.54, 1.807) is 6.92 Å². The van der Waals surface area contributed by atoms with Crippen molar-refractivity contribution in [3.05, 3.63) is 30.1 Å². The number of esters is 1. The molecule has 1 fully saturated rings. The summed E-state index contributed by atoms with van der Waals surface area (Å²) in [5, 5.41) is 2.44. The lowest BCUT2D eigenvalue weighted by Crippen LogP contribution is -2.57. The van der Waals surface area contributed by atoms with Gasteiger partial charge in [0.1, 0.15) is 5.82 Å². The van der Waals surface area contributed by atoms with Crippen LogP contribution in [0.5, 0.6) is 0 Å². The standard InChI is InChI=1S/C13H13FN2O4/c1-2-20-12(18)10-7-15-13(19)16(11(10)17)9-5-3-8(14)4-6-9/h3-6,10H,2,7H2,1H3,(H,15,19). The van der Waals surface area contributed by atoms with E-state index in [4.69, 9.17) is 4.74 Å². The molecule has 6 nitrogen and oxygen atoms in total. The number of carbonyl (C=O) groups is 3. The normalized spacial score (nSPS) is 18.7. The van der Waals surface area contributed by atoms with Gasteiger partial charge in [-0.25, -0.2) is 14.1 Å². The summed E-state index contributed by atoms with van der Waals surface area (Å²) in [5.41, 5.74) is 0.197. The smallest absolute Gasteiger partial charge is 0.328 e. The van der Waals surface area contributed by atoms with Gasteiger partial charge in [0.05, 0.1) is 12.3 Å². The first-order valence-corrected chi connectivity index (χ1v) is 6.08. The van der Waals surface area contributed by atoms with Gasteiger partial charge in [-0.15, -0.1) is 0 Å². The quantitative estimate of drug-likeness (QED) is 0.663. The average molecular weight is 280 g/mol. The summed E-state index contributed by atoms with van der Waals surface area (Å²) in [5.74, 6) is -2.94. The summed E-state index contributed by atoms with van der Waals surface area (Å²) in [4.78, 5) is 36.4. The van der Waals surface area contributed by atoms with Crippen LogP contribution in [0.3, 0.4) is 0 Å². The fourth-order valence-corrected chi connectivity index (χ4v) is 1.87. The molecule has 7 heteroatoms. The lowest BCUT2D eigenvalue weighted by molar-refractivity contribution is -0.151. The van der Waals surface area contributed by atoms with Crippen molar-refractivity contribution >= 4 is 23.6 Å². The van der Waals surface area contributed by atoms with E-state index in [1.165, 1.54) is 12.1 Å². The number of ether oxygens (including phenoxy) is 1. The first-order chi connectivity index (χ1) is 9.54. The third-order valence-electron chi connectivity index (χ3n) is 2.83. The molecule has 1 heterocycles. The molecule has 1 unspecified atom stereocenters. The number of carbonyl (C=O) groups excluding carboxylic acids is 3. The van der Waals surface area contributed by atoms with E-state index >= 15 is 0 Å². The average Bonchev–Trinajstić information content (AvgIpc) is 2.41. The molecule has 106 valence electrons. The predicted molar refractivity (Wildman–Crippen MR) is 67.4 cm³/mol. The maximum Gasteiger partial charge on any atom is 0.328 e. The number of halogens is 1. The third-order valence-corrected chi connectivity index (χ3v) is 2.83. The summed E-state index contributed by atoms with van der Waals surface area (Å²) >= 11 is 0. The fourth-order valence-electron chi connectivity index (χ4n) is 1.87. The van der Waals surface area contributed by atoms with Crippen LogP contribution >= 0.6 is 0 Å². The Morgan fingerprint density at radius 2 is 2.05 bits per heavy atom. The van der Waals surface area contributed by atoms with E-state index in [0.29, 0.717) is 0 Å². The molecule has 0 spiro atoms. The summed E-state index contributed by atoms with van der Waals surface area (Å²) in [6.45, 7) is 1.67. The van der Waals surface area contributed by atoms with Gasteiger partial charge in [-0.2, -0.15) is 0 Å². The maximum atomic E-state index is 12.9. The van der Waals surface area contributed by atoms with E-state index in [2.05, 4.69) is 5.32 Å². The number of anilines is 1. The van der Waals surface area contributed by atoms with Gasteiger partial charge in [0.25, 0.3) is 5.91 Å².